The molecule has 216 valence electrons. The largest absolute Gasteiger partial charge is 0.463 e. The maximum absolute atomic E-state index is 11.9. The summed E-state index contributed by atoms with van der Waals surface area (Å²) in [5.41, 5.74) is 18.1. The van der Waals surface area contributed by atoms with Crippen molar-refractivity contribution in [3.63, 3.8) is 0 Å². The molecule has 19 heteroatoms. The predicted molar refractivity (Wildman–Crippen MR) is 128 cm³/mol. The Bertz CT molecular complexity index is 1010. The molecule has 0 aromatic heterocycles. The predicted octanol–water partition coefficient (Wildman–Crippen LogP) is 1.42. The molecule has 0 bridgehead atoms. The van der Waals surface area contributed by atoms with E-state index in [4.69, 9.17) is 38.7 Å². The van der Waals surface area contributed by atoms with E-state index in [2.05, 4.69) is 20.1 Å². The fourth-order valence-corrected chi connectivity index (χ4v) is 4.52. The minimum absolute atomic E-state index is 0.0657. The Labute approximate surface area is 225 Å². The van der Waals surface area contributed by atoms with Crippen molar-refractivity contribution in [2.45, 2.75) is 82.8 Å². The van der Waals surface area contributed by atoms with Gasteiger partial charge in [-0.15, -0.1) is 0 Å². The number of hydrogen-bond donors (Lipinski definition) is 1. The van der Waals surface area contributed by atoms with Gasteiger partial charge >= 0.3 is 23.9 Å². The lowest BCUT2D eigenvalue weighted by molar-refractivity contribution is -0.285. The summed E-state index contributed by atoms with van der Waals surface area (Å²) in [5, 5.41) is 7.08. The molecule has 9 atom stereocenters. The number of carbonyl (C=O) groups excluding carboxylic acids is 4. The van der Waals surface area contributed by atoms with Crippen LogP contribution < -0.4 is 0 Å². The third-order valence-electron chi connectivity index (χ3n) is 5.42. The van der Waals surface area contributed by atoms with Crippen LogP contribution in [0.3, 0.4) is 0 Å². The van der Waals surface area contributed by atoms with Crippen molar-refractivity contribution >= 4 is 35.9 Å². The van der Waals surface area contributed by atoms with Crippen molar-refractivity contribution in [3.05, 3.63) is 20.9 Å². The van der Waals surface area contributed by atoms with Crippen molar-refractivity contribution in [1.29, 1.82) is 0 Å². The lowest BCUT2D eigenvalue weighted by Gasteiger charge is -2.44. The highest BCUT2D eigenvalue weighted by molar-refractivity contribution is 7.93. The second-order valence-electron chi connectivity index (χ2n) is 8.29. The molecule has 0 saturated carbocycles. The summed E-state index contributed by atoms with van der Waals surface area (Å²) < 4.78 is 48.2. The average molecular weight is 577 g/mol. The zero-order chi connectivity index (χ0) is 29.1. The van der Waals surface area contributed by atoms with Gasteiger partial charge in [-0.2, -0.15) is 0 Å². The number of nitrogens with zero attached hydrogens (tertiary/aromatic N) is 6. The highest BCUT2D eigenvalue weighted by Crippen LogP contribution is 2.35. The number of hydrogen-bond acceptors (Lipinski definition) is 15. The summed E-state index contributed by atoms with van der Waals surface area (Å²) in [4.78, 5) is 52.5. The minimum Gasteiger partial charge on any atom is -0.463 e. The Balaban J connectivity index is 2.53. The van der Waals surface area contributed by atoms with Crippen LogP contribution >= 0.6 is 12.0 Å². The van der Waals surface area contributed by atoms with Crippen LogP contribution in [0.15, 0.2) is 10.2 Å². The van der Waals surface area contributed by atoms with Gasteiger partial charge in [0.25, 0.3) is 0 Å². The van der Waals surface area contributed by atoms with E-state index in [1.54, 1.807) is 0 Å². The monoisotopic (exact) mass is 576 g/mol. The number of rotatable bonds is 12. The van der Waals surface area contributed by atoms with Gasteiger partial charge in [0, 0.05) is 43.3 Å². The first-order chi connectivity index (χ1) is 18.5. The second kappa shape index (κ2) is 15.3. The average Bonchev–Trinajstić information content (AvgIpc) is 3.15. The van der Waals surface area contributed by atoms with Gasteiger partial charge in [-0.05, 0) is 23.1 Å². The molecule has 2 saturated heterocycles. The maximum atomic E-state index is 11.9. The lowest BCUT2D eigenvalue weighted by atomic mass is 9.96. The Morgan fingerprint density at radius 2 is 1.41 bits per heavy atom. The van der Waals surface area contributed by atoms with E-state index >= 15 is 0 Å². The molecule has 1 N–H and O–H groups in total. The van der Waals surface area contributed by atoms with Crippen LogP contribution in [-0.2, 0) is 52.3 Å². The molecule has 0 aliphatic carbocycles. The third-order valence-corrected chi connectivity index (χ3v) is 5.90. The highest BCUT2D eigenvalue weighted by Gasteiger charge is 2.54. The Morgan fingerprint density at radius 3 is 1.92 bits per heavy atom. The quantitative estimate of drug-likeness (QED) is 0.0862. The van der Waals surface area contributed by atoms with E-state index in [-0.39, 0.29) is 12.4 Å². The Hall–Kier alpha value is -3.31. The molecular weight excluding hydrogens is 548 g/mol. The number of azide groups is 2. The van der Waals surface area contributed by atoms with Gasteiger partial charge < -0.3 is 37.7 Å². The normalized spacial score (nSPS) is 31.7. The molecule has 0 amide bonds. The standard InChI is InChI=1S/C20H28N6O12S/c1-8(27)32-6-13-17(18(34-10(3)29)14(36-13)7-39-31)38-20-15(24-26-22)19(35-11(4)30)16(33-9(2)28)12(37-20)5-23-25-21/h12-20,31H,5-7H2,1-4H3/t12-,13+,14?,15?,16+,17+,18-,19+,20+/m0/s1. The first-order valence-corrected chi connectivity index (χ1v) is 12.4. The first-order valence-electron chi connectivity index (χ1n) is 11.4. The van der Waals surface area contributed by atoms with E-state index in [0.29, 0.717) is 12.0 Å². The summed E-state index contributed by atoms with van der Waals surface area (Å²) in [7, 11) is 0. The highest BCUT2D eigenvalue weighted by atomic mass is 32.2. The minimum atomic E-state index is -1.57. The lowest BCUT2D eigenvalue weighted by Crippen LogP contribution is -2.62. The summed E-state index contributed by atoms with van der Waals surface area (Å²) in [6, 6.07) is -1.47. The molecule has 2 aliphatic rings. The van der Waals surface area contributed by atoms with Crippen LogP contribution in [0.2, 0.25) is 0 Å². The van der Waals surface area contributed by atoms with Crippen molar-refractivity contribution in [2.24, 2.45) is 10.2 Å². The van der Waals surface area contributed by atoms with Crippen LogP contribution in [0.1, 0.15) is 27.7 Å². The molecule has 0 aromatic rings. The van der Waals surface area contributed by atoms with Crippen LogP contribution in [-0.4, -0.2) is 102 Å². The molecule has 0 radical (unpaired) electrons. The topological polar surface area (TPSA) is 251 Å². The Morgan fingerprint density at radius 1 is 0.821 bits per heavy atom. The molecule has 2 fully saturated rings. The summed E-state index contributed by atoms with van der Waals surface area (Å²) in [6.45, 7) is 3.68. The van der Waals surface area contributed by atoms with E-state index in [1.807, 2.05) is 0 Å². The fraction of sp³-hybridized carbons (Fsp3) is 0.800. The first kappa shape index (κ1) is 31.9. The molecule has 2 heterocycles. The van der Waals surface area contributed by atoms with Gasteiger partial charge in [-0.1, -0.05) is 10.2 Å². The molecule has 0 spiro atoms. The van der Waals surface area contributed by atoms with Crippen LogP contribution in [0.5, 0.6) is 0 Å². The van der Waals surface area contributed by atoms with E-state index < -0.39 is 85.5 Å². The van der Waals surface area contributed by atoms with E-state index in [0.717, 1.165) is 27.7 Å². The SMILES string of the molecule is CC(=O)OC[C@H]1OC(CSO)[C@H](OC(C)=O)[C@@H]1O[C@H]1O[C@@H](CN=[N+]=[N-])[C@@H](OC(C)=O)[C@H](OC(C)=O)C1N=[N+]=[N-]. The van der Waals surface area contributed by atoms with Crippen LogP contribution in [0.25, 0.3) is 20.9 Å². The molecular formula is C20H28N6O12S. The summed E-state index contributed by atoms with van der Waals surface area (Å²) >= 11 is 0.406. The smallest absolute Gasteiger partial charge is 0.303 e. The molecule has 2 aliphatic heterocycles. The van der Waals surface area contributed by atoms with Gasteiger partial charge in [-0.3, -0.25) is 19.2 Å². The second-order valence-corrected chi connectivity index (χ2v) is 8.88. The number of carbonyl (C=O) groups is 4. The van der Waals surface area contributed by atoms with Crippen LogP contribution in [0.4, 0.5) is 0 Å². The van der Waals surface area contributed by atoms with Crippen LogP contribution in [0, 0.1) is 0 Å². The van der Waals surface area contributed by atoms with Crippen molar-refractivity contribution in [3.8, 4) is 0 Å². The maximum Gasteiger partial charge on any atom is 0.303 e. The fourth-order valence-electron chi connectivity index (χ4n) is 4.11. The van der Waals surface area contributed by atoms with E-state index in [9.17, 15) is 29.3 Å². The molecule has 0 aromatic carbocycles. The molecule has 2 unspecified atom stereocenters. The van der Waals surface area contributed by atoms with Crippen molar-refractivity contribution < 1.29 is 56.9 Å². The molecule has 2 rings (SSSR count). The third kappa shape index (κ3) is 9.14. The molecule has 39 heavy (non-hydrogen) atoms. The van der Waals surface area contributed by atoms with Gasteiger partial charge in [0.05, 0.1) is 6.54 Å². The Kier molecular flexibility index (Phi) is 12.5. The van der Waals surface area contributed by atoms with Crippen molar-refractivity contribution in [2.75, 3.05) is 18.9 Å². The van der Waals surface area contributed by atoms with Gasteiger partial charge in [0.1, 0.15) is 37.1 Å². The zero-order valence-corrected chi connectivity index (χ0v) is 22.2. The van der Waals surface area contributed by atoms with Gasteiger partial charge in [0.2, 0.25) is 0 Å². The zero-order valence-electron chi connectivity index (χ0n) is 21.3. The number of ether oxygens (including phenoxy) is 7. The summed E-state index contributed by atoms with van der Waals surface area (Å²) in [6.07, 6.45) is -10.00. The molecule has 18 nitrogen and oxygen atoms in total. The van der Waals surface area contributed by atoms with Crippen molar-refractivity contribution in [1.82, 2.24) is 0 Å². The van der Waals surface area contributed by atoms with Gasteiger partial charge in [0.15, 0.2) is 24.6 Å². The number of esters is 4. The van der Waals surface area contributed by atoms with E-state index in [1.165, 1.54) is 0 Å². The summed E-state index contributed by atoms with van der Waals surface area (Å²) in [5.74, 6) is -3.05. The van der Waals surface area contributed by atoms with Gasteiger partial charge in [-0.25, -0.2) is 0 Å².